The number of nitrogens with one attached hydrogen (secondary N) is 1. The minimum atomic E-state index is -3.45. The molecule has 1 heterocycles. The van der Waals surface area contributed by atoms with E-state index < -0.39 is 14.9 Å². The van der Waals surface area contributed by atoms with Gasteiger partial charge in [-0.15, -0.1) is 12.4 Å². The summed E-state index contributed by atoms with van der Waals surface area (Å²) in [6.07, 6.45) is 1.78. The first kappa shape index (κ1) is 18.8. The van der Waals surface area contributed by atoms with E-state index in [1.807, 2.05) is 7.05 Å². The minimum Gasteiger partial charge on any atom is -0.316 e. The Balaban J connectivity index is 0.00000242. The topological polar surface area (TPSA) is 92.6 Å². The number of nitrogens with zero attached hydrogens (tertiary/aromatic N) is 2. The van der Waals surface area contributed by atoms with Crippen LogP contribution in [0.1, 0.15) is 18.4 Å². The van der Waals surface area contributed by atoms with Crippen molar-refractivity contribution in [2.45, 2.75) is 24.6 Å². The molecule has 124 valence electrons. The molecule has 1 aromatic rings. The zero-order valence-corrected chi connectivity index (χ0v) is 13.9. The van der Waals surface area contributed by atoms with E-state index in [1.165, 1.54) is 22.5 Å². The van der Waals surface area contributed by atoms with E-state index in [0.717, 1.165) is 12.8 Å². The molecule has 1 unspecified atom stereocenters. The van der Waals surface area contributed by atoms with Gasteiger partial charge in [0, 0.05) is 31.3 Å². The van der Waals surface area contributed by atoms with Gasteiger partial charge in [0.2, 0.25) is 10.0 Å². The Morgan fingerprint density at radius 3 is 2.82 bits per heavy atom. The van der Waals surface area contributed by atoms with Crippen LogP contribution < -0.4 is 5.32 Å². The van der Waals surface area contributed by atoms with E-state index in [2.05, 4.69) is 5.32 Å². The number of hydrogen-bond donors (Lipinski definition) is 1. The summed E-state index contributed by atoms with van der Waals surface area (Å²) in [6, 6.07) is 5.95. The lowest BCUT2D eigenvalue weighted by Gasteiger charge is -2.31. The van der Waals surface area contributed by atoms with Crippen LogP contribution in [-0.2, 0) is 15.8 Å². The lowest BCUT2D eigenvalue weighted by molar-refractivity contribution is -0.384. The molecule has 2 rings (SSSR count). The fourth-order valence-electron chi connectivity index (χ4n) is 2.49. The number of nitro benzene ring substituents is 1. The Morgan fingerprint density at radius 1 is 1.45 bits per heavy atom. The van der Waals surface area contributed by atoms with Crippen molar-refractivity contribution in [1.82, 2.24) is 9.62 Å². The summed E-state index contributed by atoms with van der Waals surface area (Å²) < 4.78 is 26.3. The lowest BCUT2D eigenvalue weighted by atomic mass is 10.1. The van der Waals surface area contributed by atoms with Crippen LogP contribution in [0.5, 0.6) is 0 Å². The molecule has 1 aliphatic heterocycles. The fraction of sp³-hybridized carbons (Fsp3) is 0.538. The van der Waals surface area contributed by atoms with Crippen molar-refractivity contribution in [3.8, 4) is 0 Å². The van der Waals surface area contributed by atoms with Gasteiger partial charge >= 0.3 is 0 Å². The largest absolute Gasteiger partial charge is 0.316 e. The number of non-ortho nitro benzene ring substituents is 1. The number of halogens is 1. The van der Waals surface area contributed by atoms with Crippen LogP contribution in [0.25, 0.3) is 0 Å². The third-order valence-electron chi connectivity index (χ3n) is 3.66. The Bertz CT molecular complexity index is 623. The maximum absolute atomic E-state index is 12.4. The Kier molecular flexibility index (Phi) is 6.73. The van der Waals surface area contributed by atoms with E-state index >= 15 is 0 Å². The Labute approximate surface area is 136 Å². The van der Waals surface area contributed by atoms with Crippen LogP contribution in [-0.4, -0.2) is 43.8 Å². The van der Waals surface area contributed by atoms with Crippen molar-refractivity contribution in [3.63, 3.8) is 0 Å². The van der Waals surface area contributed by atoms with Crippen LogP contribution in [0.4, 0.5) is 5.69 Å². The number of rotatable bonds is 5. The van der Waals surface area contributed by atoms with Gasteiger partial charge in [-0.25, -0.2) is 12.7 Å². The molecule has 7 nitrogen and oxygen atoms in total. The lowest BCUT2D eigenvalue weighted by Crippen LogP contribution is -2.47. The van der Waals surface area contributed by atoms with Gasteiger partial charge in [-0.05, 0) is 25.5 Å². The molecule has 0 spiro atoms. The summed E-state index contributed by atoms with van der Waals surface area (Å²) in [5.74, 6) is -0.203. The van der Waals surface area contributed by atoms with Gasteiger partial charge in [0.05, 0.1) is 10.7 Å². The number of nitro groups is 1. The van der Waals surface area contributed by atoms with Gasteiger partial charge in [-0.1, -0.05) is 12.1 Å². The molecule has 1 aromatic carbocycles. The fourth-order valence-corrected chi connectivity index (χ4v) is 4.09. The van der Waals surface area contributed by atoms with Crippen LogP contribution in [0.15, 0.2) is 24.3 Å². The van der Waals surface area contributed by atoms with Gasteiger partial charge < -0.3 is 5.32 Å². The van der Waals surface area contributed by atoms with Crippen molar-refractivity contribution in [1.29, 1.82) is 0 Å². The molecule has 0 aromatic heterocycles. The molecule has 1 N–H and O–H groups in total. The summed E-state index contributed by atoms with van der Waals surface area (Å²) in [5.41, 5.74) is 0.352. The van der Waals surface area contributed by atoms with Crippen molar-refractivity contribution in [3.05, 3.63) is 39.9 Å². The van der Waals surface area contributed by atoms with E-state index in [4.69, 9.17) is 0 Å². The summed E-state index contributed by atoms with van der Waals surface area (Å²) in [6.45, 7) is 0.962. The summed E-state index contributed by atoms with van der Waals surface area (Å²) in [7, 11) is -1.63. The summed E-state index contributed by atoms with van der Waals surface area (Å²) >= 11 is 0. The van der Waals surface area contributed by atoms with Crippen LogP contribution >= 0.6 is 12.4 Å². The molecule has 1 atom stereocenters. The maximum atomic E-state index is 12.4. The maximum Gasteiger partial charge on any atom is 0.269 e. The first-order valence-corrected chi connectivity index (χ1v) is 8.42. The molecule has 0 saturated carbocycles. The first-order chi connectivity index (χ1) is 9.92. The molecule has 22 heavy (non-hydrogen) atoms. The highest BCUT2D eigenvalue weighted by Crippen LogP contribution is 2.20. The minimum absolute atomic E-state index is 0. The quantitative estimate of drug-likeness (QED) is 0.642. The molecule has 0 amide bonds. The molecule has 1 saturated heterocycles. The molecule has 0 aliphatic carbocycles. The van der Waals surface area contributed by atoms with Gasteiger partial charge in [0.1, 0.15) is 0 Å². The predicted molar refractivity (Wildman–Crippen MR) is 86.6 cm³/mol. The molecular formula is C13H20ClN3O4S. The number of piperidine rings is 1. The van der Waals surface area contributed by atoms with Crippen LogP contribution in [0, 0.1) is 10.1 Å². The second-order valence-electron chi connectivity index (χ2n) is 5.17. The highest BCUT2D eigenvalue weighted by molar-refractivity contribution is 7.88. The number of sulfonamides is 1. The SMILES string of the molecule is CNC1CCCN(S(=O)(=O)Cc2cccc([N+](=O)[O-])c2)C1.Cl. The zero-order chi connectivity index (χ0) is 15.5. The second-order valence-corrected chi connectivity index (χ2v) is 7.14. The summed E-state index contributed by atoms with van der Waals surface area (Å²) in [4.78, 5) is 10.2. The average Bonchev–Trinajstić information content (AvgIpc) is 2.47. The normalized spacial score (nSPS) is 19.4. The summed E-state index contributed by atoms with van der Waals surface area (Å²) in [5, 5.41) is 13.8. The molecule has 1 fully saturated rings. The second kappa shape index (κ2) is 7.87. The third-order valence-corrected chi connectivity index (χ3v) is 5.47. The zero-order valence-electron chi connectivity index (χ0n) is 12.3. The highest BCUT2D eigenvalue weighted by atomic mass is 35.5. The van der Waals surface area contributed by atoms with E-state index in [9.17, 15) is 18.5 Å². The Hall–Kier alpha value is -1.22. The number of hydrogen-bond acceptors (Lipinski definition) is 5. The molecular weight excluding hydrogens is 330 g/mol. The van der Waals surface area contributed by atoms with Crippen LogP contribution in [0.3, 0.4) is 0 Å². The van der Waals surface area contributed by atoms with Crippen molar-refractivity contribution >= 4 is 28.1 Å². The standard InChI is InChI=1S/C13H19N3O4S.ClH/c1-14-12-5-3-7-15(9-12)21(19,20)10-11-4-2-6-13(8-11)16(17)18;/h2,4,6,8,12,14H,3,5,7,9-10H2,1H3;1H. The van der Waals surface area contributed by atoms with Crippen molar-refractivity contribution < 1.29 is 13.3 Å². The van der Waals surface area contributed by atoms with Crippen molar-refractivity contribution in [2.75, 3.05) is 20.1 Å². The Morgan fingerprint density at radius 2 is 2.18 bits per heavy atom. The monoisotopic (exact) mass is 349 g/mol. The van der Waals surface area contributed by atoms with Gasteiger partial charge in [-0.2, -0.15) is 0 Å². The molecule has 0 bridgehead atoms. The van der Waals surface area contributed by atoms with Crippen LogP contribution in [0.2, 0.25) is 0 Å². The average molecular weight is 350 g/mol. The highest BCUT2D eigenvalue weighted by Gasteiger charge is 2.28. The van der Waals surface area contributed by atoms with Gasteiger partial charge in [0.15, 0.2) is 0 Å². The van der Waals surface area contributed by atoms with Gasteiger partial charge in [0.25, 0.3) is 5.69 Å². The number of likely N-dealkylation sites (N-methyl/N-ethyl adjacent to an activating group) is 1. The predicted octanol–water partition coefficient (Wildman–Crippen LogP) is 1.53. The molecule has 1 aliphatic rings. The van der Waals surface area contributed by atoms with E-state index in [-0.39, 0.29) is 29.9 Å². The van der Waals surface area contributed by atoms with E-state index in [1.54, 1.807) is 6.07 Å². The number of benzene rings is 1. The van der Waals surface area contributed by atoms with E-state index in [0.29, 0.717) is 18.7 Å². The third kappa shape index (κ3) is 4.64. The first-order valence-electron chi connectivity index (χ1n) is 6.81. The smallest absolute Gasteiger partial charge is 0.269 e. The molecule has 9 heteroatoms. The van der Waals surface area contributed by atoms with Crippen molar-refractivity contribution in [2.24, 2.45) is 0 Å². The van der Waals surface area contributed by atoms with Gasteiger partial charge in [-0.3, -0.25) is 10.1 Å². The molecule has 0 radical (unpaired) electrons.